The molecule has 18 heavy (non-hydrogen) atoms. The summed E-state index contributed by atoms with van der Waals surface area (Å²) in [6.07, 6.45) is 5.97. The first kappa shape index (κ1) is 13.3. The summed E-state index contributed by atoms with van der Waals surface area (Å²) in [5.74, 6) is 6.74. The van der Waals surface area contributed by atoms with E-state index >= 15 is 0 Å². The van der Waals surface area contributed by atoms with E-state index in [9.17, 15) is 0 Å². The number of hydrogen-bond acceptors (Lipinski definition) is 4. The average Bonchev–Trinajstić information content (AvgIpc) is 3.01. The van der Waals surface area contributed by atoms with Crippen LogP contribution in [0.3, 0.4) is 0 Å². The molecule has 0 radical (unpaired) electrons. The highest BCUT2D eigenvalue weighted by Crippen LogP contribution is 2.29. The zero-order chi connectivity index (χ0) is 13.0. The van der Waals surface area contributed by atoms with Gasteiger partial charge in [0.15, 0.2) is 0 Å². The fourth-order valence-electron chi connectivity index (χ4n) is 2.17. The van der Waals surface area contributed by atoms with Gasteiger partial charge in [-0.3, -0.25) is 5.84 Å². The van der Waals surface area contributed by atoms with Crippen molar-refractivity contribution in [1.82, 2.24) is 15.0 Å². The number of aromatic nitrogens is 2. The first-order valence-corrected chi connectivity index (χ1v) is 7.23. The van der Waals surface area contributed by atoms with Gasteiger partial charge in [0.25, 0.3) is 0 Å². The van der Waals surface area contributed by atoms with Gasteiger partial charge in [-0.15, -0.1) is 11.3 Å². The van der Waals surface area contributed by atoms with Crippen LogP contribution in [-0.4, -0.2) is 9.55 Å². The number of nitrogens with zero attached hydrogens (tertiary/aromatic N) is 2. The Labute approximate surface area is 112 Å². The van der Waals surface area contributed by atoms with Gasteiger partial charge < -0.3 is 4.57 Å². The molecule has 0 amide bonds. The molecule has 0 saturated heterocycles. The maximum absolute atomic E-state index is 5.75. The van der Waals surface area contributed by atoms with Crippen molar-refractivity contribution in [3.8, 4) is 0 Å². The number of thiophene rings is 1. The lowest BCUT2D eigenvalue weighted by atomic mass is 10.1. The number of hydrogen-bond donors (Lipinski definition) is 2. The van der Waals surface area contributed by atoms with Gasteiger partial charge in [-0.2, -0.15) is 0 Å². The van der Waals surface area contributed by atoms with Crippen LogP contribution in [0.25, 0.3) is 0 Å². The molecule has 2 heterocycles. The Balaban J connectivity index is 2.36. The van der Waals surface area contributed by atoms with E-state index in [2.05, 4.69) is 40.3 Å². The molecule has 0 aliphatic rings. The molecule has 98 valence electrons. The van der Waals surface area contributed by atoms with E-state index in [1.165, 1.54) is 10.4 Å². The van der Waals surface area contributed by atoms with Gasteiger partial charge >= 0.3 is 0 Å². The van der Waals surface area contributed by atoms with Gasteiger partial charge in [-0.05, 0) is 29.9 Å². The molecule has 1 atom stereocenters. The fraction of sp³-hybridized carbons (Fsp3) is 0.462. The van der Waals surface area contributed by atoms with Crippen molar-refractivity contribution in [1.29, 1.82) is 0 Å². The van der Waals surface area contributed by atoms with E-state index in [4.69, 9.17) is 5.84 Å². The Hall–Kier alpha value is -1.17. The summed E-state index contributed by atoms with van der Waals surface area (Å²) in [5.41, 5.74) is 4.25. The zero-order valence-corrected chi connectivity index (χ0v) is 11.7. The molecule has 2 aromatic heterocycles. The molecule has 0 spiro atoms. The second-order valence-corrected chi connectivity index (χ2v) is 5.19. The average molecular weight is 264 g/mol. The van der Waals surface area contributed by atoms with Gasteiger partial charge in [-0.1, -0.05) is 13.8 Å². The van der Waals surface area contributed by atoms with Gasteiger partial charge in [0.1, 0.15) is 11.9 Å². The van der Waals surface area contributed by atoms with Crippen molar-refractivity contribution in [2.75, 3.05) is 0 Å². The summed E-state index contributed by atoms with van der Waals surface area (Å²) in [6, 6.07) is 2.15. The number of hydrazine groups is 1. The largest absolute Gasteiger partial charge is 0.333 e. The molecule has 4 nitrogen and oxygen atoms in total. The molecule has 0 saturated carbocycles. The molecule has 0 aromatic carbocycles. The quantitative estimate of drug-likeness (QED) is 0.622. The third-order valence-corrected chi connectivity index (χ3v) is 4.08. The normalized spacial score (nSPS) is 12.8. The Morgan fingerprint density at radius 2 is 2.33 bits per heavy atom. The first-order valence-electron chi connectivity index (χ1n) is 6.35. The van der Waals surface area contributed by atoms with Crippen molar-refractivity contribution in [2.24, 2.45) is 5.84 Å². The molecule has 3 N–H and O–H groups in total. The van der Waals surface area contributed by atoms with Gasteiger partial charge in [0, 0.05) is 23.8 Å². The van der Waals surface area contributed by atoms with E-state index in [0.29, 0.717) is 0 Å². The standard InChI is InChI=1S/C13H20N4S/c1-3-7-17-8-6-15-13(17)11(16-14)12-10(4-2)5-9-18-12/h5-6,8-9,11,16H,3-4,7,14H2,1-2H3. The maximum atomic E-state index is 5.75. The Morgan fingerprint density at radius 1 is 1.50 bits per heavy atom. The second kappa shape index (κ2) is 6.13. The van der Waals surface area contributed by atoms with Crippen LogP contribution in [0.4, 0.5) is 0 Å². The van der Waals surface area contributed by atoms with Gasteiger partial charge in [-0.25, -0.2) is 10.4 Å². The van der Waals surface area contributed by atoms with Crippen LogP contribution >= 0.6 is 11.3 Å². The highest BCUT2D eigenvalue weighted by molar-refractivity contribution is 7.10. The summed E-state index contributed by atoms with van der Waals surface area (Å²) in [5, 5.41) is 2.12. The highest BCUT2D eigenvalue weighted by Gasteiger charge is 2.21. The van der Waals surface area contributed by atoms with Crippen LogP contribution < -0.4 is 11.3 Å². The molecule has 0 fully saturated rings. The van der Waals surface area contributed by atoms with E-state index in [-0.39, 0.29) is 6.04 Å². The smallest absolute Gasteiger partial charge is 0.132 e. The second-order valence-electron chi connectivity index (χ2n) is 4.24. The monoisotopic (exact) mass is 264 g/mol. The summed E-state index contributed by atoms with van der Waals surface area (Å²) >= 11 is 1.74. The molecule has 0 bridgehead atoms. The molecule has 2 rings (SSSR count). The SMILES string of the molecule is CCCn1ccnc1C(NN)c1sccc1CC. The third kappa shape index (κ3) is 2.48. The fourth-order valence-corrected chi connectivity index (χ4v) is 3.22. The van der Waals surface area contributed by atoms with Crippen LogP contribution in [0.5, 0.6) is 0 Å². The Bertz CT molecular complexity index is 489. The van der Waals surface area contributed by atoms with Crippen LogP contribution in [0, 0.1) is 0 Å². The van der Waals surface area contributed by atoms with Gasteiger partial charge in [0.05, 0.1) is 0 Å². The predicted octanol–water partition coefficient (Wildman–Crippen LogP) is 2.47. The minimum atomic E-state index is -0.0125. The Kier molecular flexibility index (Phi) is 4.52. The molecule has 0 aliphatic carbocycles. The molecule has 2 aromatic rings. The number of imidazole rings is 1. The molecular formula is C13H20N4S. The summed E-state index contributed by atoms with van der Waals surface area (Å²) < 4.78 is 2.17. The van der Waals surface area contributed by atoms with Crippen molar-refractivity contribution < 1.29 is 0 Å². The third-order valence-electron chi connectivity index (χ3n) is 3.06. The Morgan fingerprint density at radius 3 is 3.00 bits per heavy atom. The molecule has 5 heteroatoms. The predicted molar refractivity (Wildman–Crippen MR) is 75.4 cm³/mol. The van der Waals surface area contributed by atoms with Crippen molar-refractivity contribution in [3.63, 3.8) is 0 Å². The van der Waals surface area contributed by atoms with Gasteiger partial charge in [0.2, 0.25) is 0 Å². The van der Waals surface area contributed by atoms with E-state index < -0.39 is 0 Å². The van der Waals surface area contributed by atoms with E-state index in [0.717, 1.165) is 25.2 Å². The minimum absolute atomic E-state index is 0.0125. The maximum Gasteiger partial charge on any atom is 0.132 e. The van der Waals surface area contributed by atoms with Crippen LogP contribution in [-0.2, 0) is 13.0 Å². The van der Waals surface area contributed by atoms with Crippen LogP contribution in [0.1, 0.15) is 42.6 Å². The summed E-state index contributed by atoms with van der Waals surface area (Å²) in [4.78, 5) is 5.73. The molecule has 0 aliphatic heterocycles. The molecule has 1 unspecified atom stereocenters. The van der Waals surface area contributed by atoms with Crippen molar-refractivity contribution >= 4 is 11.3 Å². The zero-order valence-electron chi connectivity index (χ0n) is 10.9. The lowest BCUT2D eigenvalue weighted by Gasteiger charge is -2.17. The van der Waals surface area contributed by atoms with Crippen molar-refractivity contribution in [2.45, 2.75) is 39.3 Å². The van der Waals surface area contributed by atoms with E-state index in [1.807, 2.05) is 12.4 Å². The first-order chi connectivity index (χ1) is 8.81. The minimum Gasteiger partial charge on any atom is -0.333 e. The topological polar surface area (TPSA) is 55.9 Å². The lowest BCUT2D eigenvalue weighted by Crippen LogP contribution is -2.31. The number of nitrogens with two attached hydrogens (primary N) is 1. The lowest BCUT2D eigenvalue weighted by molar-refractivity contribution is 0.548. The van der Waals surface area contributed by atoms with Crippen molar-refractivity contribution in [3.05, 3.63) is 40.1 Å². The van der Waals surface area contributed by atoms with Crippen LogP contribution in [0.15, 0.2) is 23.8 Å². The number of aryl methyl sites for hydroxylation is 2. The number of nitrogens with one attached hydrogen (secondary N) is 1. The van der Waals surface area contributed by atoms with E-state index in [1.54, 1.807) is 11.3 Å². The van der Waals surface area contributed by atoms with Crippen LogP contribution in [0.2, 0.25) is 0 Å². The highest BCUT2D eigenvalue weighted by atomic mass is 32.1. The molecular weight excluding hydrogens is 244 g/mol. The number of rotatable bonds is 6. The summed E-state index contributed by atoms with van der Waals surface area (Å²) in [7, 11) is 0. The summed E-state index contributed by atoms with van der Waals surface area (Å²) in [6.45, 7) is 5.30.